The Bertz CT molecular complexity index is 1950. The second-order valence-corrected chi connectivity index (χ2v) is 13.5. The highest BCUT2D eigenvalue weighted by molar-refractivity contribution is 7.47. The Morgan fingerprint density at radius 1 is 0.913 bits per heavy atom. The number of nitrogen functional groups attached to an aromatic ring is 1. The molecule has 0 saturated carbocycles. The number of fused-ring (bicyclic) bond motifs is 5. The number of aryl methyl sites for hydroxylation is 1. The maximum absolute atomic E-state index is 13.2. The van der Waals surface area contributed by atoms with Crippen LogP contribution in [0.2, 0.25) is 0 Å². The molecule has 0 spiro atoms. The summed E-state index contributed by atoms with van der Waals surface area (Å²) < 4.78 is 61.6. The van der Waals surface area contributed by atoms with E-state index < -0.39 is 83.5 Å². The largest absolute Gasteiger partial charge is 0.472 e. The van der Waals surface area contributed by atoms with E-state index in [1.807, 2.05) is 6.92 Å². The predicted molar refractivity (Wildman–Crippen MR) is 151 cm³/mol. The molecule has 0 aliphatic carbocycles. The molecule has 2 unspecified atom stereocenters. The molecule has 23 heteroatoms. The minimum atomic E-state index is -5.09. The monoisotopic (exact) mass is 686 g/mol. The molecular formula is C23H28N8O13P2. The molecule has 3 aliphatic heterocycles. The molecule has 0 radical (unpaired) electrons. The second kappa shape index (κ2) is 11.5. The molecule has 3 saturated heterocycles. The summed E-state index contributed by atoms with van der Waals surface area (Å²) in [5.74, 6) is -0.274. The normalized spacial score (nSPS) is 37.2. The summed E-state index contributed by atoms with van der Waals surface area (Å²) in [5.41, 5.74) is 6.46. The highest BCUT2D eigenvalue weighted by atomic mass is 31.2. The first-order valence-corrected chi connectivity index (χ1v) is 16.9. The molecule has 7 N–H and O–H groups in total. The SMILES string of the molecule is CCc1ccnc2c1ncn2[C@@H]1O[C@@H]2COP(=O)(O)O[C@@H]3[C@H](O)[C@@H](COP(=O)(O)O[C@H]2[C@H]1O)O[C@H]3n1cnc2c(=O)[nH]c(N)nc21. The second-order valence-electron chi connectivity index (χ2n) is 10.7. The number of aromatic nitrogens is 7. The number of phosphoric acid groups is 2. The number of aliphatic hydroxyl groups excluding tert-OH is 2. The number of ether oxygens (including phenoxy) is 2. The van der Waals surface area contributed by atoms with Gasteiger partial charge in [0.1, 0.15) is 42.1 Å². The van der Waals surface area contributed by atoms with E-state index in [0.29, 0.717) is 17.6 Å². The quantitative estimate of drug-likeness (QED) is 0.144. The number of hydrogen-bond donors (Lipinski definition) is 6. The molecule has 10 atom stereocenters. The molecule has 3 fully saturated rings. The number of aliphatic hydroxyl groups is 2. The van der Waals surface area contributed by atoms with E-state index in [1.54, 1.807) is 12.3 Å². The van der Waals surface area contributed by atoms with Crippen molar-refractivity contribution in [2.45, 2.75) is 62.4 Å². The fourth-order valence-corrected chi connectivity index (χ4v) is 7.59. The van der Waals surface area contributed by atoms with Crippen LogP contribution in [0.4, 0.5) is 5.95 Å². The van der Waals surface area contributed by atoms with Gasteiger partial charge in [0.15, 0.2) is 29.3 Å². The van der Waals surface area contributed by atoms with E-state index >= 15 is 0 Å². The lowest BCUT2D eigenvalue weighted by molar-refractivity contribution is -0.0672. The van der Waals surface area contributed by atoms with E-state index in [1.165, 1.54) is 10.9 Å². The van der Waals surface area contributed by atoms with Gasteiger partial charge in [-0.2, -0.15) is 4.98 Å². The number of nitrogens with one attached hydrogen (secondary N) is 1. The summed E-state index contributed by atoms with van der Waals surface area (Å²) in [5, 5.41) is 22.3. The number of anilines is 1. The number of imidazole rings is 2. The highest BCUT2D eigenvalue weighted by Gasteiger charge is 2.54. The van der Waals surface area contributed by atoms with Gasteiger partial charge in [0.2, 0.25) is 5.95 Å². The van der Waals surface area contributed by atoms with E-state index in [0.717, 1.165) is 16.5 Å². The fraction of sp³-hybridized carbons (Fsp3) is 0.522. The van der Waals surface area contributed by atoms with Gasteiger partial charge >= 0.3 is 15.6 Å². The molecule has 4 aromatic rings. The molecular weight excluding hydrogens is 658 g/mol. The van der Waals surface area contributed by atoms with E-state index in [2.05, 4.69) is 24.9 Å². The zero-order valence-corrected chi connectivity index (χ0v) is 25.5. The maximum Gasteiger partial charge on any atom is 0.472 e. The average Bonchev–Trinajstić information content (AvgIpc) is 3.76. The summed E-state index contributed by atoms with van der Waals surface area (Å²) in [6, 6.07) is 1.79. The maximum atomic E-state index is 13.2. The summed E-state index contributed by atoms with van der Waals surface area (Å²) >= 11 is 0. The van der Waals surface area contributed by atoms with E-state index in [9.17, 15) is 33.9 Å². The molecule has 2 bridgehead atoms. The molecule has 7 heterocycles. The number of H-pyrrole nitrogens is 1. The Kier molecular flexibility index (Phi) is 7.87. The van der Waals surface area contributed by atoms with Crippen LogP contribution in [-0.2, 0) is 43.1 Å². The number of aromatic amines is 1. The molecule has 46 heavy (non-hydrogen) atoms. The summed E-state index contributed by atoms with van der Waals surface area (Å²) in [7, 11) is -10.1. The van der Waals surface area contributed by atoms with Crippen molar-refractivity contribution in [3.63, 3.8) is 0 Å². The third kappa shape index (κ3) is 5.47. The number of hydrogen-bond acceptors (Lipinski definition) is 16. The van der Waals surface area contributed by atoms with Crippen molar-refractivity contribution in [1.29, 1.82) is 0 Å². The molecule has 0 aromatic carbocycles. The van der Waals surface area contributed by atoms with Crippen LogP contribution in [-0.4, -0.2) is 104 Å². The van der Waals surface area contributed by atoms with Crippen LogP contribution >= 0.6 is 15.6 Å². The zero-order chi connectivity index (χ0) is 32.5. The first-order chi connectivity index (χ1) is 21.9. The first kappa shape index (κ1) is 31.4. The lowest BCUT2D eigenvalue weighted by Gasteiger charge is -2.25. The topological polar surface area (TPSA) is 291 Å². The molecule has 4 aromatic heterocycles. The Labute approximate surface area is 257 Å². The predicted octanol–water partition coefficient (Wildman–Crippen LogP) is -0.756. The Morgan fingerprint density at radius 2 is 1.54 bits per heavy atom. The molecule has 21 nitrogen and oxygen atoms in total. The third-order valence-corrected chi connectivity index (χ3v) is 9.83. The molecule has 248 valence electrons. The van der Waals surface area contributed by atoms with Crippen LogP contribution < -0.4 is 11.3 Å². The van der Waals surface area contributed by atoms with Crippen molar-refractivity contribution in [1.82, 2.24) is 34.1 Å². The standard InChI is InChI=1S/C23H28N8O13P2/c1-2-9-3-4-25-18-12(9)26-7-30(18)21-15(33)16-11(42-21)6-40-46(37,38)44-17-14(32)10(5-39-45(35,36)43-16)41-22(17)31-8-27-13-19(31)28-23(24)29-20(13)34/h3-4,7-8,10-11,14-17,21-22,32-33H,2,5-6H2,1H3,(H,35,36)(H,37,38)(H3,24,28,29,34)/t10-,11-,14-,15-,16-,17-,21-,22-/m1/s1. The molecule has 0 amide bonds. The number of rotatable bonds is 3. The Morgan fingerprint density at radius 3 is 2.26 bits per heavy atom. The lowest BCUT2D eigenvalue weighted by Crippen LogP contribution is -2.36. The summed E-state index contributed by atoms with van der Waals surface area (Å²) in [6.45, 7) is 0.336. The lowest BCUT2D eigenvalue weighted by atomic mass is 10.1. The van der Waals surface area contributed by atoms with Crippen LogP contribution in [0.5, 0.6) is 0 Å². The number of nitrogens with zero attached hydrogens (tertiary/aromatic N) is 6. The van der Waals surface area contributed by atoms with Gasteiger partial charge in [-0.15, -0.1) is 0 Å². The van der Waals surface area contributed by atoms with Crippen molar-refractivity contribution in [2.24, 2.45) is 0 Å². The number of nitrogens with two attached hydrogens (primary N) is 1. The number of phosphoric ester groups is 2. The van der Waals surface area contributed by atoms with E-state index in [4.69, 9.17) is 33.3 Å². The minimum Gasteiger partial charge on any atom is -0.387 e. The van der Waals surface area contributed by atoms with Gasteiger partial charge in [-0.25, -0.2) is 24.1 Å². The van der Waals surface area contributed by atoms with E-state index in [-0.39, 0.29) is 17.1 Å². The van der Waals surface area contributed by atoms with Crippen molar-refractivity contribution >= 4 is 43.9 Å². The van der Waals surface area contributed by atoms with Crippen molar-refractivity contribution in [3.05, 3.63) is 40.8 Å². The molecule has 3 aliphatic rings. The zero-order valence-electron chi connectivity index (χ0n) is 23.7. The first-order valence-electron chi connectivity index (χ1n) is 13.9. The van der Waals surface area contributed by atoms with Crippen LogP contribution in [0.3, 0.4) is 0 Å². The average molecular weight is 686 g/mol. The van der Waals surface area contributed by atoms with Crippen LogP contribution in [0.25, 0.3) is 22.3 Å². The summed E-state index contributed by atoms with van der Waals surface area (Å²) in [4.78, 5) is 52.6. The molecule has 7 rings (SSSR count). The summed E-state index contributed by atoms with van der Waals surface area (Å²) in [6.07, 6.45) is -7.71. The third-order valence-electron chi connectivity index (χ3n) is 7.86. The fourth-order valence-electron chi connectivity index (χ4n) is 5.70. The van der Waals surface area contributed by atoms with Gasteiger partial charge < -0.3 is 35.2 Å². The van der Waals surface area contributed by atoms with Gasteiger partial charge in [-0.1, -0.05) is 6.92 Å². The minimum absolute atomic E-state index is 0.116. The van der Waals surface area contributed by atoms with Crippen LogP contribution in [0.15, 0.2) is 29.7 Å². The smallest absolute Gasteiger partial charge is 0.387 e. The van der Waals surface area contributed by atoms with Gasteiger partial charge in [0, 0.05) is 6.20 Å². The number of pyridine rings is 1. The van der Waals surface area contributed by atoms with Gasteiger partial charge in [0.05, 0.1) is 25.9 Å². The van der Waals surface area contributed by atoms with Crippen LogP contribution in [0.1, 0.15) is 24.9 Å². The van der Waals surface area contributed by atoms with Crippen molar-refractivity contribution < 1.29 is 56.7 Å². The Balaban J connectivity index is 1.20. The van der Waals surface area contributed by atoms with Crippen molar-refractivity contribution in [2.75, 3.05) is 18.9 Å². The Hall–Kier alpha value is -3.17. The van der Waals surface area contributed by atoms with Crippen molar-refractivity contribution in [3.8, 4) is 0 Å². The van der Waals surface area contributed by atoms with Gasteiger partial charge in [-0.05, 0) is 18.1 Å². The van der Waals surface area contributed by atoms with Gasteiger partial charge in [0.25, 0.3) is 5.56 Å². The highest BCUT2D eigenvalue weighted by Crippen LogP contribution is 2.53. The van der Waals surface area contributed by atoms with Crippen LogP contribution in [0, 0.1) is 0 Å². The van der Waals surface area contributed by atoms with Gasteiger partial charge in [-0.3, -0.25) is 37.0 Å².